The average molecular weight is 466 g/mol. The highest BCUT2D eigenvalue weighted by atomic mass is 19.4. The van der Waals surface area contributed by atoms with Gasteiger partial charge in [-0.1, -0.05) is 25.8 Å². The Morgan fingerprint density at radius 2 is 0.897 bits per heavy atom. The zero-order chi connectivity index (χ0) is 23.7. The monoisotopic (exact) mass is 466 g/mol. The minimum Gasteiger partial charge on any atom is -0.195 e. The molecule has 0 radical (unpaired) electrons. The van der Waals surface area contributed by atoms with Crippen LogP contribution >= 0.6 is 0 Å². The molecule has 0 aliphatic heterocycles. The van der Waals surface area contributed by atoms with Gasteiger partial charge in [-0.25, -0.2) is 0 Å². The average Bonchev–Trinajstić information content (AvgIpc) is 2.52. The van der Waals surface area contributed by atoms with Gasteiger partial charge >= 0.3 is 41.7 Å². The van der Waals surface area contributed by atoms with Crippen molar-refractivity contribution in [1.29, 1.82) is 0 Å². The summed E-state index contributed by atoms with van der Waals surface area (Å²) in [5.74, 6) is -46.2. The van der Waals surface area contributed by atoms with Crippen LogP contribution in [0.1, 0.15) is 32.6 Å². The molecule has 0 saturated heterocycles. The van der Waals surface area contributed by atoms with Crippen LogP contribution in [0.15, 0.2) is 12.2 Å². The maximum Gasteiger partial charge on any atom is 0.460 e. The summed E-state index contributed by atoms with van der Waals surface area (Å²) in [6, 6.07) is 0. The SMILES string of the molecule is CCCCCC=CC(F)(F)C(F)(F)C(F)(F)C(F)(F)C(F)(F)C(F)(F)C(F)(F)F. The Labute approximate surface area is 153 Å². The lowest BCUT2D eigenvalue weighted by Crippen LogP contribution is -2.72. The van der Waals surface area contributed by atoms with E-state index in [1.165, 1.54) is 0 Å². The van der Waals surface area contributed by atoms with Crippen LogP contribution in [-0.2, 0) is 0 Å². The van der Waals surface area contributed by atoms with E-state index >= 15 is 0 Å². The maximum atomic E-state index is 13.4. The molecule has 0 aliphatic rings. The third-order valence-corrected chi connectivity index (χ3v) is 3.65. The first kappa shape index (κ1) is 27.7. The highest BCUT2D eigenvalue weighted by Crippen LogP contribution is 2.62. The third-order valence-electron chi connectivity index (χ3n) is 3.65. The van der Waals surface area contributed by atoms with E-state index in [1.807, 2.05) is 0 Å². The standard InChI is InChI=1S/C14H13F15/c1-2-3-4-5-6-7-8(15,16)9(17,18)10(19,20)11(21,22)12(23,24)13(25,26)14(27,28)29/h6-7H,2-5H2,1H3. The van der Waals surface area contributed by atoms with Gasteiger partial charge in [0.1, 0.15) is 0 Å². The molecule has 0 aliphatic carbocycles. The fourth-order valence-corrected chi connectivity index (χ4v) is 1.83. The van der Waals surface area contributed by atoms with Gasteiger partial charge in [0.15, 0.2) is 0 Å². The molecular formula is C14H13F15. The predicted octanol–water partition coefficient (Wildman–Crippen LogP) is 7.50. The molecule has 0 rings (SSSR count). The van der Waals surface area contributed by atoms with E-state index in [0.29, 0.717) is 12.8 Å². The molecule has 15 heteroatoms. The molecule has 0 aromatic heterocycles. The molecule has 0 nitrogen and oxygen atoms in total. The summed E-state index contributed by atoms with van der Waals surface area (Å²) < 4.78 is 193. The number of unbranched alkanes of at least 4 members (excludes halogenated alkanes) is 3. The summed E-state index contributed by atoms with van der Waals surface area (Å²) in [5, 5.41) is 0. The molecule has 0 saturated carbocycles. The second-order valence-corrected chi connectivity index (χ2v) is 5.89. The number of allylic oxidation sites excluding steroid dienone is 2. The Bertz CT molecular complexity index is 570. The molecule has 0 fully saturated rings. The Hall–Kier alpha value is -1.31. The van der Waals surface area contributed by atoms with Crippen LogP contribution in [0.3, 0.4) is 0 Å². The molecule has 29 heavy (non-hydrogen) atoms. The highest BCUT2D eigenvalue weighted by Gasteiger charge is 2.93. The molecular weight excluding hydrogens is 453 g/mol. The molecule has 0 aromatic carbocycles. The summed E-state index contributed by atoms with van der Waals surface area (Å²) in [7, 11) is 0. The smallest absolute Gasteiger partial charge is 0.195 e. The van der Waals surface area contributed by atoms with Gasteiger partial charge in [0, 0.05) is 0 Å². The van der Waals surface area contributed by atoms with Gasteiger partial charge < -0.3 is 0 Å². The van der Waals surface area contributed by atoms with E-state index in [0.717, 1.165) is 0 Å². The molecule has 0 unspecified atom stereocenters. The number of alkyl halides is 15. The van der Waals surface area contributed by atoms with Gasteiger partial charge in [-0.15, -0.1) is 0 Å². The van der Waals surface area contributed by atoms with Crippen molar-refractivity contribution >= 4 is 0 Å². The minimum atomic E-state index is -8.23. The summed E-state index contributed by atoms with van der Waals surface area (Å²) in [4.78, 5) is 0. The van der Waals surface area contributed by atoms with E-state index in [-0.39, 0.29) is 12.5 Å². The van der Waals surface area contributed by atoms with Crippen LogP contribution < -0.4 is 0 Å². The number of halogens is 15. The van der Waals surface area contributed by atoms with E-state index in [9.17, 15) is 65.9 Å². The van der Waals surface area contributed by atoms with E-state index in [4.69, 9.17) is 0 Å². The van der Waals surface area contributed by atoms with Gasteiger partial charge in [-0.05, 0) is 18.9 Å². The van der Waals surface area contributed by atoms with Crippen molar-refractivity contribution in [3.05, 3.63) is 12.2 Å². The fourth-order valence-electron chi connectivity index (χ4n) is 1.83. The van der Waals surface area contributed by atoms with E-state index < -0.39 is 54.2 Å². The van der Waals surface area contributed by atoms with Crippen molar-refractivity contribution in [3.8, 4) is 0 Å². The Kier molecular flexibility index (Phi) is 7.72. The maximum absolute atomic E-state index is 13.4. The number of hydrogen-bond donors (Lipinski definition) is 0. The van der Waals surface area contributed by atoms with Crippen LogP contribution in [0.2, 0.25) is 0 Å². The van der Waals surface area contributed by atoms with E-state index in [1.54, 1.807) is 6.92 Å². The highest BCUT2D eigenvalue weighted by molar-refractivity contribution is 5.16. The molecule has 0 aromatic rings. The van der Waals surface area contributed by atoms with Crippen LogP contribution in [0, 0.1) is 0 Å². The fraction of sp³-hybridized carbons (Fsp3) is 0.857. The first-order valence-corrected chi connectivity index (χ1v) is 7.57. The zero-order valence-corrected chi connectivity index (χ0v) is 14.2. The molecule has 0 amide bonds. The Morgan fingerprint density at radius 1 is 0.517 bits per heavy atom. The van der Waals surface area contributed by atoms with Crippen molar-refractivity contribution in [1.82, 2.24) is 0 Å². The number of hydrogen-bond acceptors (Lipinski definition) is 0. The summed E-state index contributed by atoms with van der Waals surface area (Å²) >= 11 is 0. The molecule has 0 bridgehead atoms. The van der Waals surface area contributed by atoms with Crippen LogP contribution in [0.25, 0.3) is 0 Å². The number of rotatable bonds is 10. The molecule has 0 spiro atoms. The second-order valence-electron chi connectivity index (χ2n) is 5.89. The van der Waals surface area contributed by atoms with Crippen LogP contribution in [-0.4, -0.2) is 41.7 Å². The lowest BCUT2D eigenvalue weighted by molar-refractivity contribution is -0.449. The molecule has 174 valence electrons. The first-order chi connectivity index (χ1) is 12.6. The molecule has 0 atom stereocenters. The normalized spacial score (nSPS) is 16.0. The van der Waals surface area contributed by atoms with Crippen molar-refractivity contribution in [2.75, 3.05) is 0 Å². The lowest BCUT2D eigenvalue weighted by atomic mass is 9.91. The summed E-state index contributed by atoms with van der Waals surface area (Å²) in [5.41, 5.74) is 0. The molecule has 0 N–H and O–H groups in total. The van der Waals surface area contributed by atoms with Crippen molar-refractivity contribution in [2.45, 2.75) is 74.3 Å². The third kappa shape index (κ3) is 4.42. The van der Waals surface area contributed by atoms with Gasteiger partial charge in [-0.3, -0.25) is 0 Å². The van der Waals surface area contributed by atoms with Gasteiger partial charge in [0.05, 0.1) is 0 Å². The van der Waals surface area contributed by atoms with Crippen molar-refractivity contribution < 1.29 is 65.9 Å². The Morgan fingerprint density at radius 3 is 1.28 bits per heavy atom. The van der Waals surface area contributed by atoms with Crippen molar-refractivity contribution in [2.24, 2.45) is 0 Å². The second kappa shape index (κ2) is 8.08. The van der Waals surface area contributed by atoms with Crippen LogP contribution in [0.4, 0.5) is 65.9 Å². The van der Waals surface area contributed by atoms with Gasteiger partial charge in [-0.2, -0.15) is 65.9 Å². The molecule has 0 heterocycles. The quantitative estimate of drug-likeness (QED) is 0.178. The summed E-state index contributed by atoms with van der Waals surface area (Å²) in [6.45, 7) is 1.62. The zero-order valence-electron chi connectivity index (χ0n) is 14.2. The van der Waals surface area contributed by atoms with E-state index in [2.05, 4.69) is 0 Å². The van der Waals surface area contributed by atoms with Crippen molar-refractivity contribution in [3.63, 3.8) is 0 Å². The first-order valence-electron chi connectivity index (χ1n) is 7.57. The summed E-state index contributed by atoms with van der Waals surface area (Å²) in [6.07, 6.45) is -8.06. The van der Waals surface area contributed by atoms with Gasteiger partial charge in [0.25, 0.3) is 0 Å². The lowest BCUT2D eigenvalue weighted by Gasteiger charge is -2.41. The van der Waals surface area contributed by atoms with Gasteiger partial charge in [0.2, 0.25) is 0 Å². The van der Waals surface area contributed by atoms with Crippen LogP contribution in [0.5, 0.6) is 0 Å². The topological polar surface area (TPSA) is 0 Å². The predicted molar refractivity (Wildman–Crippen MR) is 69.0 cm³/mol. The largest absolute Gasteiger partial charge is 0.460 e. The minimum absolute atomic E-state index is 0.0527. The Balaban J connectivity index is 6.16.